The molecule has 7 heteroatoms. The third-order valence-corrected chi connectivity index (χ3v) is 3.33. The molecule has 0 unspecified atom stereocenters. The number of hydrogen-bond acceptors (Lipinski definition) is 4. The summed E-state index contributed by atoms with van der Waals surface area (Å²) in [5, 5.41) is 9.47. The first-order valence-electron chi connectivity index (χ1n) is 6.94. The summed E-state index contributed by atoms with van der Waals surface area (Å²) in [7, 11) is 1.78. The Hall–Kier alpha value is -2.83. The van der Waals surface area contributed by atoms with E-state index in [9.17, 15) is 9.59 Å². The van der Waals surface area contributed by atoms with Gasteiger partial charge in [0.25, 0.3) is 5.91 Å². The highest BCUT2D eigenvalue weighted by atomic mass is 16.5. The van der Waals surface area contributed by atoms with Gasteiger partial charge in [-0.05, 0) is 30.2 Å². The molecular formula is C15H16N4O3. The van der Waals surface area contributed by atoms with E-state index >= 15 is 0 Å². The van der Waals surface area contributed by atoms with Crippen LogP contribution in [0.1, 0.15) is 12.0 Å². The van der Waals surface area contributed by atoms with E-state index in [1.165, 1.54) is 0 Å². The second-order valence-electron chi connectivity index (χ2n) is 5.11. The average Bonchev–Trinajstić information content (AvgIpc) is 2.90. The number of carbonyl (C=O) groups excluding carboxylic acids is 2. The predicted octanol–water partition coefficient (Wildman–Crippen LogP) is 1.32. The summed E-state index contributed by atoms with van der Waals surface area (Å²) in [6.45, 7) is -0.0833. The van der Waals surface area contributed by atoms with Gasteiger partial charge in [0.1, 0.15) is 5.75 Å². The van der Waals surface area contributed by atoms with Crippen molar-refractivity contribution in [1.29, 1.82) is 0 Å². The van der Waals surface area contributed by atoms with E-state index in [4.69, 9.17) is 4.74 Å². The van der Waals surface area contributed by atoms with Crippen LogP contribution in [0, 0.1) is 0 Å². The van der Waals surface area contributed by atoms with Crippen molar-refractivity contribution in [1.82, 2.24) is 9.78 Å². The minimum Gasteiger partial charge on any atom is -0.484 e. The largest absolute Gasteiger partial charge is 0.484 e. The van der Waals surface area contributed by atoms with Crippen molar-refractivity contribution in [2.45, 2.75) is 12.8 Å². The Kier molecular flexibility index (Phi) is 3.78. The molecule has 1 aromatic carbocycles. The van der Waals surface area contributed by atoms with Gasteiger partial charge in [-0.2, -0.15) is 5.10 Å². The van der Waals surface area contributed by atoms with Gasteiger partial charge in [-0.25, -0.2) is 0 Å². The highest BCUT2D eigenvalue weighted by molar-refractivity contribution is 5.94. The van der Waals surface area contributed by atoms with Crippen LogP contribution in [-0.4, -0.2) is 28.2 Å². The standard InChI is InChI=1S/C15H16N4O3/c1-19-8-11(7-16-19)17-15(21)9-22-12-3-4-13-10(6-12)2-5-14(20)18-13/h3-4,6-8H,2,5,9H2,1H3,(H,17,21)(H,18,20). The Bertz CT molecular complexity index is 723. The minimum atomic E-state index is -0.251. The molecule has 0 spiro atoms. The van der Waals surface area contributed by atoms with Crippen molar-refractivity contribution in [3.05, 3.63) is 36.2 Å². The van der Waals surface area contributed by atoms with E-state index in [1.807, 2.05) is 6.07 Å². The molecule has 0 atom stereocenters. The zero-order valence-corrected chi connectivity index (χ0v) is 12.1. The van der Waals surface area contributed by atoms with Crippen LogP contribution >= 0.6 is 0 Å². The van der Waals surface area contributed by atoms with Gasteiger partial charge >= 0.3 is 0 Å². The van der Waals surface area contributed by atoms with Crippen LogP contribution in [0.5, 0.6) is 5.75 Å². The SMILES string of the molecule is Cn1cc(NC(=O)COc2ccc3c(c2)CCC(=O)N3)cn1. The van der Waals surface area contributed by atoms with Crippen LogP contribution in [0.4, 0.5) is 11.4 Å². The molecule has 3 rings (SSSR count). The van der Waals surface area contributed by atoms with Crippen LogP contribution in [0.3, 0.4) is 0 Å². The molecule has 1 aliphatic heterocycles. The van der Waals surface area contributed by atoms with E-state index in [2.05, 4.69) is 15.7 Å². The molecule has 2 aromatic rings. The molecule has 0 fully saturated rings. The fraction of sp³-hybridized carbons (Fsp3) is 0.267. The van der Waals surface area contributed by atoms with Crippen molar-refractivity contribution in [3.8, 4) is 5.75 Å². The maximum Gasteiger partial charge on any atom is 0.262 e. The molecule has 2 amide bonds. The summed E-state index contributed by atoms with van der Waals surface area (Å²) in [5.74, 6) is 0.382. The smallest absolute Gasteiger partial charge is 0.262 e. The predicted molar refractivity (Wildman–Crippen MR) is 80.7 cm³/mol. The molecule has 114 valence electrons. The van der Waals surface area contributed by atoms with Gasteiger partial charge in [-0.3, -0.25) is 14.3 Å². The number of amides is 2. The zero-order chi connectivity index (χ0) is 15.5. The molecule has 0 aliphatic carbocycles. The van der Waals surface area contributed by atoms with Gasteiger partial charge < -0.3 is 15.4 Å². The van der Waals surface area contributed by atoms with Crippen LogP contribution in [0.15, 0.2) is 30.6 Å². The summed E-state index contributed by atoms with van der Waals surface area (Å²) in [6, 6.07) is 5.38. The molecule has 1 aliphatic rings. The van der Waals surface area contributed by atoms with E-state index in [-0.39, 0.29) is 18.4 Å². The summed E-state index contributed by atoms with van der Waals surface area (Å²) >= 11 is 0. The van der Waals surface area contributed by atoms with E-state index in [1.54, 1.807) is 36.3 Å². The first-order chi connectivity index (χ1) is 10.6. The Balaban J connectivity index is 1.57. The van der Waals surface area contributed by atoms with Gasteiger partial charge in [0, 0.05) is 25.4 Å². The molecule has 0 radical (unpaired) electrons. The number of rotatable bonds is 4. The Morgan fingerprint density at radius 2 is 2.32 bits per heavy atom. The first kappa shape index (κ1) is 14.1. The Morgan fingerprint density at radius 3 is 3.09 bits per heavy atom. The van der Waals surface area contributed by atoms with Gasteiger partial charge in [0.05, 0.1) is 11.9 Å². The second-order valence-corrected chi connectivity index (χ2v) is 5.11. The van der Waals surface area contributed by atoms with Crippen LogP contribution in [0.25, 0.3) is 0 Å². The summed E-state index contributed by atoms with van der Waals surface area (Å²) in [5.41, 5.74) is 2.46. The van der Waals surface area contributed by atoms with Crippen molar-refractivity contribution in [2.75, 3.05) is 17.2 Å². The van der Waals surface area contributed by atoms with E-state index in [0.29, 0.717) is 24.3 Å². The van der Waals surface area contributed by atoms with Crippen LogP contribution < -0.4 is 15.4 Å². The average molecular weight is 300 g/mol. The molecule has 1 aromatic heterocycles. The summed E-state index contributed by atoms with van der Waals surface area (Å²) in [6.07, 6.45) is 4.43. The monoisotopic (exact) mass is 300 g/mol. The minimum absolute atomic E-state index is 0.0250. The second kappa shape index (κ2) is 5.88. The van der Waals surface area contributed by atoms with Crippen LogP contribution in [0.2, 0.25) is 0 Å². The van der Waals surface area contributed by atoms with Gasteiger partial charge in [-0.15, -0.1) is 0 Å². The lowest BCUT2D eigenvalue weighted by molar-refractivity contribution is -0.118. The molecule has 0 saturated heterocycles. The lowest BCUT2D eigenvalue weighted by Crippen LogP contribution is -2.21. The molecule has 2 N–H and O–H groups in total. The maximum absolute atomic E-state index is 11.8. The number of anilines is 2. The number of carbonyl (C=O) groups is 2. The number of nitrogens with zero attached hydrogens (tertiary/aromatic N) is 2. The molecule has 7 nitrogen and oxygen atoms in total. The highest BCUT2D eigenvalue weighted by Crippen LogP contribution is 2.26. The van der Waals surface area contributed by atoms with E-state index < -0.39 is 0 Å². The quantitative estimate of drug-likeness (QED) is 0.892. The number of fused-ring (bicyclic) bond motifs is 1. The molecule has 0 saturated carbocycles. The molecule has 22 heavy (non-hydrogen) atoms. The van der Waals surface area contributed by atoms with Crippen LogP contribution in [-0.2, 0) is 23.1 Å². The van der Waals surface area contributed by atoms with Gasteiger partial charge in [-0.1, -0.05) is 0 Å². The number of ether oxygens (including phenoxy) is 1. The number of aryl methyl sites for hydroxylation is 2. The first-order valence-corrected chi connectivity index (χ1v) is 6.94. The summed E-state index contributed by atoms with van der Waals surface area (Å²) in [4.78, 5) is 23.1. The maximum atomic E-state index is 11.8. The van der Waals surface area contributed by atoms with E-state index in [0.717, 1.165) is 11.3 Å². The third-order valence-electron chi connectivity index (χ3n) is 3.33. The fourth-order valence-corrected chi connectivity index (χ4v) is 2.28. The topological polar surface area (TPSA) is 85.2 Å². The van der Waals surface area contributed by atoms with Crippen molar-refractivity contribution in [2.24, 2.45) is 7.05 Å². The van der Waals surface area contributed by atoms with Crippen molar-refractivity contribution >= 4 is 23.2 Å². The molecule has 0 bridgehead atoms. The highest BCUT2D eigenvalue weighted by Gasteiger charge is 2.15. The van der Waals surface area contributed by atoms with Gasteiger partial charge in [0.2, 0.25) is 5.91 Å². The molecular weight excluding hydrogens is 284 g/mol. The summed E-state index contributed by atoms with van der Waals surface area (Å²) < 4.78 is 7.09. The number of aromatic nitrogens is 2. The lowest BCUT2D eigenvalue weighted by Gasteiger charge is -2.17. The number of benzene rings is 1. The van der Waals surface area contributed by atoms with Crippen molar-refractivity contribution < 1.29 is 14.3 Å². The fourth-order valence-electron chi connectivity index (χ4n) is 2.28. The number of hydrogen-bond donors (Lipinski definition) is 2. The van der Waals surface area contributed by atoms with Gasteiger partial charge in [0.15, 0.2) is 6.61 Å². The zero-order valence-electron chi connectivity index (χ0n) is 12.1. The normalized spacial score (nSPS) is 13.2. The lowest BCUT2D eigenvalue weighted by atomic mass is 10.0. The Labute approximate surface area is 127 Å². The Morgan fingerprint density at radius 1 is 1.45 bits per heavy atom. The third kappa shape index (κ3) is 3.25. The van der Waals surface area contributed by atoms with Crippen molar-refractivity contribution in [3.63, 3.8) is 0 Å². The number of nitrogens with one attached hydrogen (secondary N) is 2. The molecule has 2 heterocycles.